The first-order valence-electron chi connectivity index (χ1n) is 6.13. The lowest BCUT2D eigenvalue weighted by molar-refractivity contribution is -0.114. The molecule has 1 aromatic rings. The Balaban J connectivity index is 3.26. The van der Waals surface area contributed by atoms with Gasteiger partial charge in [-0.3, -0.25) is 4.79 Å². The van der Waals surface area contributed by atoms with E-state index in [1.54, 1.807) is 6.07 Å². The molecule has 4 N–H and O–H groups in total. The molecule has 0 bridgehead atoms. The Labute approximate surface area is 119 Å². The predicted molar refractivity (Wildman–Crippen MR) is 79.2 cm³/mol. The fourth-order valence-corrected chi connectivity index (χ4v) is 2.47. The van der Waals surface area contributed by atoms with E-state index in [9.17, 15) is 13.2 Å². The molecule has 0 fully saturated rings. The number of amides is 1. The summed E-state index contributed by atoms with van der Waals surface area (Å²) < 4.78 is 25.3. The summed E-state index contributed by atoms with van der Waals surface area (Å²) in [7, 11) is -0.650. The zero-order chi connectivity index (χ0) is 15.3. The van der Waals surface area contributed by atoms with Gasteiger partial charge >= 0.3 is 0 Å². The quantitative estimate of drug-likeness (QED) is 0.699. The highest BCUT2D eigenvalue weighted by molar-refractivity contribution is 7.89. The molecule has 8 heteroatoms. The number of hydrogen-bond donors (Lipinski definition) is 3. The van der Waals surface area contributed by atoms with Crippen LogP contribution in [0.25, 0.3) is 0 Å². The molecule has 0 aliphatic heterocycles. The Bertz CT molecular complexity index is 584. The molecule has 0 aromatic heterocycles. The van der Waals surface area contributed by atoms with E-state index in [0.29, 0.717) is 17.9 Å². The van der Waals surface area contributed by atoms with Gasteiger partial charge in [0.25, 0.3) is 0 Å². The normalized spacial score (nSPS) is 11.4. The monoisotopic (exact) mass is 300 g/mol. The molecule has 1 rings (SSSR count). The van der Waals surface area contributed by atoms with E-state index in [0.717, 1.165) is 4.31 Å². The van der Waals surface area contributed by atoms with Crippen molar-refractivity contribution in [3.8, 4) is 0 Å². The smallest absolute Gasteiger partial charge is 0.242 e. The first kappa shape index (κ1) is 16.4. The van der Waals surface area contributed by atoms with E-state index in [2.05, 4.69) is 10.6 Å². The van der Waals surface area contributed by atoms with Gasteiger partial charge in [0.15, 0.2) is 0 Å². The zero-order valence-electron chi connectivity index (χ0n) is 11.8. The summed E-state index contributed by atoms with van der Waals surface area (Å²) in [4.78, 5) is 11.5. The van der Waals surface area contributed by atoms with Crippen molar-refractivity contribution >= 4 is 27.3 Å². The van der Waals surface area contributed by atoms with E-state index < -0.39 is 10.0 Å². The van der Waals surface area contributed by atoms with E-state index in [1.807, 2.05) is 6.92 Å². The van der Waals surface area contributed by atoms with Gasteiger partial charge in [-0.25, -0.2) is 12.7 Å². The van der Waals surface area contributed by atoms with Gasteiger partial charge in [-0.2, -0.15) is 0 Å². The van der Waals surface area contributed by atoms with Crippen LogP contribution in [0, 0.1) is 0 Å². The predicted octanol–water partition coefficient (Wildman–Crippen LogP) is 0.266. The largest absolute Gasteiger partial charge is 0.384 e. The number of benzene rings is 1. The van der Waals surface area contributed by atoms with Gasteiger partial charge in [0.05, 0.1) is 22.8 Å². The second-order valence-corrected chi connectivity index (χ2v) is 6.43. The molecular weight excluding hydrogens is 280 g/mol. The third-order valence-corrected chi connectivity index (χ3v) is 4.41. The summed E-state index contributed by atoms with van der Waals surface area (Å²) in [6, 6.07) is 4.53. The van der Waals surface area contributed by atoms with Crippen LogP contribution in [0.4, 0.5) is 11.4 Å². The Morgan fingerprint density at radius 3 is 2.45 bits per heavy atom. The second kappa shape index (κ2) is 6.69. The maximum Gasteiger partial charge on any atom is 0.242 e. The molecule has 7 nitrogen and oxygen atoms in total. The first-order valence-corrected chi connectivity index (χ1v) is 7.57. The van der Waals surface area contributed by atoms with Gasteiger partial charge in [0.1, 0.15) is 0 Å². The lowest BCUT2D eigenvalue weighted by Gasteiger charge is -2.16. The number of anilines is 2. The van der Waals surface area contributed by atoms with Crippen molar-refractivity contribution in [1.29, 1.82) is 0 Å². The molecule has 20 heavy (non-hydrogen) atoms. The molecule has 1 amide bonds. The van der Waals surface area contributed by atoms with Gasteiger partial charge in [-0.1, -0.05) is 0 Å². The molecule has 112 valence electrons. The minimum absolute atomic E-state index is 0.108. The second-order valence-electron chi connectivity index (χ2n) is 4.28. The molecule has 0 spiro atoms. The fourth-order valence-electron chi connectivity index (χ4n) is 1.54. The number of nitrogens with one attached hydrogen (secondary N) is 2. The van der Waals surface area contributed by atoms with E-state index in [4.69, 9.17) is 5.73 Å². The third-order valence-electron chi connectivity index (χ3n) is 2.60. The van der Waals surface area contributed by atoms with Crippen molar-refractivity contribution in [1.82, 2.24) is 4.31 Å². The third kappa shape index (κ3) is 3.69. The highest BCUT2D eigenvalue weighted by Gasteiger charge is 2.19. The molecule has 0 atom stereocenters. The highest BCUT2D eigenvalue weighted by Crippen LogP contribution is 2.26. The van der Waals surface area contributed by atoms with Crippen LogP contribution in [0.1, 0.15) is 6.92 Å². The van der Waals surface area contributed by atoms with Crippen LogP contribution >= 0.6 is 0 Å². The van der Waals surface area contributed by atoms with Crippen molar-refractivity contribution < 1.29 is 13.2 Å². The molecule has 0 saturated heterocycles. The van der Waals surface area contributed by atoms with E-state index >= 15 is 0 Å². The Morgan fingerprint density at radius 1 is 1.30 bits per heavy atom. The molecule has 1 aromatic carbocycles. The summed E-state index contributed by atoms with van der Waals surface area (Å²) in [5, 5.41) is 5.64. The molecule has 0 unspecified atom stereocenters. The van der Waals surface area contributed by atoms with Gasteiger partial charge in [0.2, 0.25) is 15.9 Å². The van der Waals surface area contributed by atoms with Gasteiger partial charge in [0, 0.05) is 20.6 Å². The van der Waals surface area contributed by atoms with Crippen LogP contribution in [0.3, 0.4) is 0 Å². The number of sulfonamides is 1. The van der Waals surface area contributed by atoms with E-state index in [-0.39, 0.29) is 17.3 Å². The number of carbonyl (C=O) groups is 1. The van der Waals surface area contributed by atoms with Crippen LogP contribution in [0.15, 0.2) is 23.1 Å². The maximum absolute atomic E-state index is 12.1. The Morgan fingerprint density at radius 2 is 1.95 bits per heavy atom. The fraction of sp³-hybridized carbons (Fsp3) is 0.417. The number of nitrogens with zero attached hydrogens (tertiary/aromatic N) is 1. The minimum Gasteiger partial charge on any atom is -0.384 e. The molecule has 0 aliphatic carbocycles. The average molecular weight is 300 g/mol. The minimum atomic E-state index is -3.55. The maximum atomic E-state index is 12.1. The topological polar surface area (TPSA) is 105 Å². The first-order chi connectivity index (χ1) is 9.32. The lowest BCUT2D eigenvalue weighted by atomic mass is 10.2. The van der Waals surface area contributed by atoms with E-state index in [1.165, 1.54) is 26.2 Å². The molecule has 0 aliphatic rings. The van der Waals surface area contributed by atoms with Crippen LogP contribution < -0.4 is 16.4 Å². The van der Waals surface area contributed by atoms with Gasteiger partial charge in [-0.15, -0.1) is 0 Å². The summed E-state index contributed by atoms with van der Waals surface area (Å²) in [6.45, 7) is 2.38. The standard InChI is InChI=1S/C12H20N4O3S/c1-4-14-10-6-5-9(20(18,19)16(2)3)7-11(10)15-12(17)8-13/h5-7,14H,4,8,13H2,1-3H3,(H,15,17). The van der Waals surface area contributed by atoms with Crippen molar-refractivity contribution in [2.75, 3.05) is 37.8 Å². The Hall–Kier alpha value is -1.64. The zero-order valence-corrected chi connectivity index (χ0v) is 12.6. The number of hydrogen-bond acceptors (Lipinski definition) is 5. The molecule has 0 heterocycles. The number of rotatable bonds is 6. The van der Waals surface area contributed by atoms with Crippen LogP contribution in [-0.4, -0.2) is 45.8 Å². The van der Waals surface area contributed by atoms with Crippen molar-refractivity contribution in [2.24, 2.45) is 5.73 Å². The SMILES string of the molecule is CCNc1ccc(S(=O)(=O)N(C)C)cc1NC(=O)CN. The number of nitrogens with two attached hydrogens (primary N) is 1. The summed E-state index contributed by atoms with van der Waals surface area (Å²) >= 11 is 0. The van der Waals surface area contributed by atoms with Crippen molar-refractivity contribution in [2.45, 2.75) is 11.8 Å². The summed E-state index contributed by atoms with van der Waals surface area (Å²) in [5.74, 6) is -0.386. The van der Waals surface area contributed by atoms with Gasteiger partial charge in [-0.05, 0) is 25.1 Å². The van der Waals surface area contributed by atoms with Gasteiger partial charge < -0.3 is 16.4 Å². The van der Waals surface area contributed by atoms with Crippen LogP contribution in [-0.2, 0) is 14.8 Å². The average Bonchev–Trinajstić information content (AvgIpc) is 2.40. The summed E-state index contributed by atoms with van der Waals surface area (Å²) in [6.07, 6.45) is 0. The van der Waals surface area contributed by atoms with Crippen LogP contribution in [0.2, 0.25) is 0 Å². The molecule has 0 saturated carbocycles. The van der Waals surface area contributed by atoms with Crippen molar-refractivity contribution in [3.05, 3.63) is 18.2 Å². The molecule has 0 radical (unpaired) electrons. The lowest BCUT2D eigenvalue weighted by Crippen LogP contribution is -2.24. The highest BCUT2D eigenvalue weighted by atomic mass is 32.2. The number of carbonyl (C=O) groups excluding carboxylic acids is 1. The molecular formula is C12H20N4O3S. The van der Waals surface area contributed by atoms with Crippen molar-refractivity contribution in [3.63, 3.8) is 0 Å². The summed E-state index contributed by atoms with van der Waals surface area (Å²) in [5.41, 5.74) is 6.30. The van der Waals surface area contributed by atoms with Crippen LogP contribution in [0.5, 0.6) is 0 Å². The Kier molecular flexibility index (Phi) is 5.49.